The van der Waals surface area contributed by atoms with E-state index in [1.807, 2.05) is 0 Å². The third-order valence-electron chi connectivity index (χ3n) is 3.06. The van der Waals surface area contributed by atoms with E-state index in [0.717, 1.165) is 0 Å². The fourth-order valence-corrected chi connectivity index (χ4v) is 2.18. The van der Waals surface area contributed by atoms with Crippen LogP contribution >= 0.6 is 23.2 Å². The first-order valence-electron chi connectivity index (χ1n) is 4.58. The van der Waals surface area contributed by atoms with Crippen molar-refractivity contribution in [2.75, 3.05) is 0 Å². The van der Waals surface area contributed by atoms with Gasteiger partial charge in [0, 0.05) is 0 Å². The van der Waals surface area contributed by atoms with E-state index in [1.54, 1.807) is 0 Å². The summed E-state index contributed by atoms with van der Waals surface area (Å²) in [6.45, 7) is 11.3. The molecule has 4 heteroatoms. The van der Waals surface area contributed by atoms with Gasteiger partial charge in [-0.25, -0.2) is 0 Å². The monoisotopic (exact) mass is 281 g/mol. The topological polar surface area (TPSA) is 17.1 Å². The minimum Gasteiger partial charge on any atom is -0.262 e. The number of hydrogen-bond donors (Lipinski definition) is 0. The first kappa shape index (κ1) is 15.4. The second-order valence-electron chi connectivity index (χ2n) is 4.10. The molecular weight excluding hydrogens is 267 g/mol. The van der Waals surface area contributed by atoms with Crippen molar-refractivity contribution in [3.05, 3.63) is 20.6 Å². The summed E-state index contributed by atoms with van der Waals surface area (Å²) in [5.41, 5.74) is 4.83. The Labute approximate surface area is 113 Å². The van der Waals surface area contributed by atoms with Crippen LogP contribution in [0.4, 0.5) is 4.79 Å². The molecule has 1 nitrogen and oxygen atoms in total. The maximum absolute atomic E-state index is 8.98. The number of carbonyl (C=O) groups is 1. The molecule has 1 aliphatic carbocycles. The van der Waals surface area contributed by atoms with E-state index in [1.165, 1.54) is 20.6 Å². The van der Waals surface area contributed by atoms with Crippen LogP contribution in [0.15, 0.2) is 20.6 Å². The van der Waals surface area contributed by atoms with Crippen LogP contribution in [0.3, 0.4) is 0 Å². The van der Waals surface area contributed by atoms with Crippen LogP contribution in [-0.4, -0.2) is 4.70 Å². The smallest absolute Gasteiger partial charge is 0.262 e. The quantitative estimate of drug-likeness (QED) is 0.462. The van der Waals surface area contributed by atoms with Gasteiger partial charge in [0.1, 0.15) is 0 Å². The van der Waals surface area contributed by atoms with E-state index in [2.05, 4.69) is 78.3 Å². The summed E-state index contributed by atoms with van der Waals surface area (Å²) < 4.78 is 0.646. The van der Waals surface area contributed by atoms with Crippen molar-refractivity contribution in [3.8, 4) is 0 Å². The molecule has 0 saturated carbocycles. The van der Waals surface area contributed by atoms with Gasteiger partial charge >= 0.3 is 85.8 Å². The van der Waals surface area contributed by atoms with Crippen LogP contribution < -0.4 is 0 Å². The average molecular weight is 282 g/mol. The fraction of sp³-hybridized carbons (Fsp3) is 0.545. The standard InChI is InChI=1S/C10H15.CCl2O.Ti/c1-7-6-10(4,5)9(3)8(7)2;2-1(3)4;/h1-5H3;;. The Morgan fingerprint density at radius 3 is 1.53 bits per heavy atom. The van der Waals surface area contributed by atoms with E-state index in [9.17, 15) is 0 Å². The van der Waals surface area contributed by atoms with E-state index in [4.69, 9.17) is 4.79 Å². The van der Waals surface area contributed by atoms with Crippen LogP contribution in [0.5, 0.6) is 0 Å². The summed E-state index contributed by atoms with van der Waals surface area (Å²) in [4.78, 5) is 8.98. The summed E-state index contributed by atoms with van der Waals surface area (Å²) in [5, 5.41) is 0. The SMILES string of the molecule is CC1=C(C)C(C)(C)[C]([Ti])=C1C.O=C(Cl)Cl. The van der Waals surface area contributed by atoms with Crippen LogP contribution in [-0.2, 0) is 20.4 Å². The van der Waals surface area contributed by atoms with Crippen molar-refractivity contribution in [1.82, 2.24) is 0 Å². The summed E-state index contributed by atoms with van der Waals surface area (Å²) >= 11 is 11.0. The molecule has 0 radical (unpaired) electrons. The molecule has 0 N–H and O–H groups in total. The van der Waals surface area contributed by atoms with Crippen molar-refractivity contribution < 1.29 is 25.2 Å². The number of hydrogen-bond acceptors (Lipinski definition) is 1. The second-order valence-corrected chi connectivity index (χ2v) is 5.76. The zero-order valence-corrected chi connectivity index (χ0v) is 12.7. The van der Waals surface area contributed by atoms with Crippen molar-refractivity contribution >= 4 is 27.9 Å². The Balaban J connectivity index is 0.000000423. The number of halogens is 2. The molecule has 15 heavy (non-hydrogen) atoms. The molecule has 0 fully saturated rings. The molecule has 83 valence electrons. The van der Waals surface area contributed by atoms with Gasteiger partial charge in [0.15, 0.2) is 0 Å². The minimum atomic E-state index is -0.889. The van der Waals surface area contributed by atoms with Crippen LogP contribution in [0.2, 0.25) is 0 Å². The molecule has 0 spiro atoms. The summed E-state index contributed by atoms with van der Waals surface area (Å²) in [7, 11) is 0. The molecule has 0 amide bonds. The van der Waals surface area contributed by atoms with Crippen molar-refractivity contribution in [2.45, 2.75) is 34.6 Å². The van der Waals surface area contributed by atoms with Gasteiger partial charge < -0.3 is 0 Å². The molecule has 0 aromatic rings. The zero-order chi connectivity index (χ0) is 12.4. The third kappa shape index (κ3) is 3.74. The number of carbonyl (C=O) groups excluding carboxylic acids is 1. The Morgan fingerprint density at radius 1 is 1.13 bits per heavy atom. The van der Waals surface area contributed by atoms with E-state index < -0.39 is 4.70 Å². The number of allylic oxidation sites excluding steroid dienone is 4. The molecule has 1 aliphatic rings. The molecular formula is C11H15Cl2OTi. The van der Waals surface area contributed by atoms with Gasteiger partial charge in [0.05, 0.1) is 0 Å². The molecule has 0 heterocycles. The second kappa shape index (κ2) is 5.68. The minimum absolute atomic E-state index is 0.314. The van der Waals surface area contributed by atoms with Gasteiger partial charge in [-0.2, -0.15) is 0 Å². The Kier molecular flexibility index (Phi) is 5.85. The van der Waals surface area contributed by atoms with Crippen molar-refractivity contribution in [3.63, 3.8) is 0 Å². The van der Waals surface area contributed by atoms with E-state index in [-0.39, 0.29) is 0 Å². The first-order valence-corrected chi connectivity index (χ1v) is 6.12. The Morgan fingerprint density at radius 2 is 1.47 bits per heavy atom. The first-order chi connectivity index (χ1) is 6.62. The maximum Gasteiger partial charge on any atom is 0.313 e. The van der Waals surface area contributed by atoms with Crippen molar-refractivity contribution in [1.29, 1.82) is 0 Å². The molecule has 0 aromatic carbocycles. The van der Waals surface area contributed by atoms with Gasteiger partial charge in [-0.1, -0.05) is 0 Å². The summed E-state index contributed by atoms with van der Waals surface area (Å²) in [6, 6.07) is 0. The predicted octanol–water partition coefficient (Wildman–Crippen LogP) is 4.77. The van der Waals surface area contributed by atoms with E-state index in [0.29, 0.717) is 5.41 Å². The molecule has 0 aromatic heterocycles. The molecule has 1 rings (SSSR count). The van der Waals surface area contributed by atoms with Gasteiger partial charge in [-0.15, -0.1) is 0 Å². The van der Waals surface area contributed by atoms with Crippen LogP contribution in [0.1, 0.15) is 34.6 Å². The summed E-state index contributed by atoms with van der Waals surface area (Å²) in [6.07, 6.45) is 0. The predicted molar refractivity (Wildman–Crippen MR) is 62.0 cm³/mol. The van der Waals surface area contributed by atoms with Crippen LogP contribution in [0, 0.1) is 5.41 Å². The largest absolute Gasteiger partial charge is 0.313 e. The fourth-order valence-electron chi connectivity index (χ4n) is 1.59. The molecule has 0 saturated heterocycles. The summed E-state index contributed by atoms with van der Waals surface area (Å²) in [5.74, 6) is 0. The van der Waals surface area contributed by atoms with Gasteiger partial charge in [0.2, 0.25) is 0 Å². The van der Waals surface area contributed by atoms with Gasteiger partial charge in [0.25, 0.3) is 0 Å². The molecule has 0 aliphatic heterocycles. The third-order valence-corrected chi connectivity index (χ3v) is 4.62. The normalized spacial score (nSPS) is 18.8. The van der Waals surface area contributed by atoms with Crippen LogP contribution in [0.25, 0.3) is 0 Å². The van der Waals surface area contributed by atoms with Crippen molar-refractivity contribution in [2.24, 2.45) is 5.41 Å². The van der Waals surface area contributed by atoms with Gasteiger partial charge in [-0.05, 0) is 23.2 Å². The number of rotatable bonds is 0. The molecule has 0 unspecified atom stereocenters. The van der Waals surface area contributed by atoms with E-state index >= 15 is 0 Å². The zero-order valence-electron chi connectivity index (χ0n) is 9.66. The maximum atomic E-state index is 8.98. The molecule has 0 bridgehead atoms. The Hall–Kier alpha value is 0.444. The molecule has 0 atom stereocenters. The Bertz CT molecular complexity index is 310. The average Bonchev–Trinajstić information content (AvgIpc) is 2.21. The van der Waals surface area contributed by atoms with Gasteiger partial charge in [-0.3, -0.25) is 4.79 Å².